The Bertz CT molecular complexity index is 1590. The van der Waals surface area contributed by atoms with Crippen LogP contribution in [0.4, 0.5) is 5.69 Å². The number of sulfonamides is 1. The lowest BCUT2D eigenvalue weighted by Crippen LogP contribution is -2.52. The van der Waals surface area contributed by atoms with Crippen LogP contribution in [0.15, 0.2) is 65.6 Å². The van der Waals surface area contributed by atoms with Gasteiger partial charge in [0, 0.05) is 25.2 Å². The van der Waals surface area contributed by atoms with Crippen molar-refractivity contribution in [2.24, 2.45) is 5.92 Å². The first-order valence-corrected chi connectivity index (χ1v) is 16.4. The number of nitrogens with one attached hydrogen (secondary N) is 1. The Morgan fingerprint density at radius 3 is 2.02 bits per heavy atom. The summed E-state index contributed by atoms with van der Waals surface area (Å²) in [6.07, 6.45) is 0.312. The number of rotatable bonds is 16. The molecule has 0 saturated carbocycles. The average Bonchev–Trinajstić information content (AvgIpc) is 3.05. The molecule has 0 radical (unpaired) electrons. The molecule has 0 fully saturated rings. The molecule has 0 heterocycles. The van der Waals surface area contributed by atoms with E-state index < -0.39 is 28.5 Å². The fourth-order valence-electron chi connectivity index (χ4n) is 4.84. The van der Waals surface area contributed by atoms with Crippen LogP contribution >= 0.6 is 0 Å². The number of ether oxygens (including phenoxy) is 4. The quantitative estimate of drug-likeness (QED) is 0.233. The molecule has 0 aliphatic heterocycles. The molecule has 0 saturated heterocycles. The van der Waals surface area contributed by atoms with Gasteiger partial charge < -0.3 is 29.2 Å². The van der Waals surface area contributed by atoms with Gasteiger partial charge in [0.2, 0.25) is 11.8 Å². The smallest absolute Gasteiger partial charge is 0.265 e. The van der Waals surface area contributed by atoms with Crippen molar-refractivity contribution in [1.29, 1.82) is 0 Å². The zero-order valence-corrected chi connectivity index (χ0v) is 28.6. The van der Waals surface area contributed by atoms with Crippen molar-refractivity contribution in [2.45, 2.75) is 51.6 Å². The highest BCUT2D eigenvalue weighted by Gasteiger charge is 2.35. The van der Waals surface area contributed by atoms with Crippen LogP contribution in [0.25, 0.3) is 0 Å². The minimum absolute atomic E-state index is 0.0811. The molecule has 3 aromatic carbocycles. The molecule has 1 N–H and O–H groups in total. The van der Waals surface area contributed by atoms with E-state index in [2.05, 4.69) is 5.32 Å². The number of carbonyl (C=O) groups is 2. The van der Waals surface area contributed by atoms with E-state index in [-0.39, 0.29) is 40.5 Å². The van der Waals surface area contributed by atoms with Gasteiger partial charge in [-0.15, -0.1) is 0 Å². The van der Waals surface area contributed by atoms with Crippen LogP contribution in [0.2, 0.25) is 0 Å². The number of carbonyl (C=O) groups excluding carboxylic acids is 2. The van der Waals surface area contributed by atoms with Crippen molar-refractivity contribution < 1.29 is 37.0 Å². The number of benzene rings is 3. The Morgan fingerprint density at radius 1 is 0.826 bits per heavy atom. The van der Waals surface area contributed by atoms with Crippen LogP contribution in [0.1, 0.15) is 38.3 Å². The molecule has 46 heavy (non-hydrogen) atoms. The van der Waals surface area contributed by atoms with E-state index in [9.17, 15) is 18.0 Å². The first kappa shape index (κ1) is 36.0. The summed E-state index contributed by atoms with van der Waals surface area (Å²) >= 11 is 0. The van der Waals surface area contributed by atoms with E-state index in [1.54, 1.807) is 12.1 Å². The van der Waals surface area contributed by atoms with E-state index >= 15 is 0 Å². The Balaban J connectivity index is 2.18. The first-order valence-electron chi connectivity index (χ1n) is 15.0. The highest BCUT2D eigenvalue weighted by molar-refractivity contribution is 7.92. The number of nitrogens with zero attached hydrogens (tertiary/aromatic N) is 2. The molecule has 0 unspecified atom stereocenters. The van der Waals surface area contributed by atoms with E-state index in [1.165, 1.54) is 57.6 Å². The van der Waals surface area contributed by atoms with Gasteiger partial charge in [-0.05, 0) is 49.1 Å². The summed E-state index contributed by atoms with van der Waals surface area (Å²) in [7, 11) is 1.27. The van der Waals surface area contributed by atoms with Crippen molar-refractivity contribution in [3.05, 3.63) is 71.8 Å². The lowest BCUT2D eigenvalue weighted by molar-refractivity contribution is -0.140. The summed E-state index contributed by atoms with van der Waals surface area (Å²) < 4.78 is 51.5. The maximum atomic E-state index is 14.5. The summed E-state index contributed by atoms with van der Waals surface area (Å²) in [5.74, 6) is 0.388. The first-order chi connectivity index (χ1) is 21.9. The highest BCUT2D eigenvalue weighted by Crippen LogP contribution is 2.38. The molecule has 250 valence electrons. The van der Waals surface area contributed by atoms with Crippen molar-refractivity contribution in [3.8, 4) is 23.0 Å². The SMILES string of the molecule is CC[C@H](C(=O)NCC(C)C)N(Cc1ccc(C)cc1)C(=O)CN(c1cc(OC)ccc1OC)S(=O)(=O)c1ccc(OC)c(OC)c1. The second-order valence-electron chi connectivity index (χ2n) is 11.1. The predicted molar refractivity (Wildman–Crippen MR) is 177 cm³/mol. The summed E-state index contributed by atoms with van der Waals surface area (Å²) in [6, 6.07) is 15.6. The zero-order chi connectivity index (χ0) is 34.0. The maximum Gasteiger partial charge on any atom is 0.265 e. The second kappa shape index (κ2) is 16.2. The minimum atomic E-state index is -4.44. The van der Waals surface area contributed by atoms with Gasteiger partial charge in [0.05, 0.1) is 39.0 Å². The second-order valence-corrected chi connectivity index (χ2v) is 13.0. The van der Waals surface area contributed by atoms with Gasteiger partial charge >= 0.3 is 0 Å². The number of amides is 2. The molecule has 0 aromatic heterocycles. The fourth-order valence-corrected chi connectivity index (χ4v) is 6.27. The molecular weight excluding hydrogens is 610 g/mol. The normalized spacial score (nSPS) is 11.8. The summed E-state index contributed by atoms with van der Waals surface area (Å²) in [5, 5.41) is 2.93. The van der Waals surface area contributed by atoms with E-state index in [4.69, 9.17) is 18.9 Å². The van der Waals surface area contributed by atoms with Gasteiger partial charge in [-0.2, -0.15) is 0 Å². The number of aryl methyl sites for hydroxylation is 1. The molecule has 12 heteroatoms. The number of methoxy groups -OCH3 is 4. The number of hydrogen-bond acceptors (Lipinski definition) is 8. The van der Waals surface area contributed by atoms with Crippen molar-refractivity contribution in [1.82, 2.24) is 10.2 Å². The summed E-state index contributed by atoms with van der Waals surface area (Å²) in [6.45, 7) is 7.62. The summed E-state index contributed by atoms with van der Waals surface area (Å²) in [4.78, 5) is 29.2. The number of hydrogen-bond donors (Lipinski definition) is 1. The molecule has 3 rings (SSSR count). The Hall–Kier alpha value is -4.45. The van der Waals surface area contributed by atoms with Crippen LogP contribution < -0.4 is 28.6 Å². The lowest BCUT2D eigenvalue weighted by atomic mass is 10.1. The fraction of sp³-hybridized carbons (Fsp3) is 0.412. The lowest BCUT2D eigenvalue weighted by Gasteiger charge is -2.33. The molecule has 0 bridgehead atoms. The third-order valence-electron chi connectivity index (χ3n) is 7.42. The maximum absolute atomic E-state index is 14.5. The molecular formula is C34H45N3O8S. The van der Waals surface area contributed by atoms with E-state index in [0.29, 0.717) is 24.5 Å². The van der Waals surface area contributed by atoms with Gasteiger partial charge in [0.1, 0.15) is 24.1 Å². The largest absolute Gasteiger partial charge is 0.497 e. The summed E-state index contributed by atoms with van der Waals surface area (Å²) in [5.41, 5.74) is 1.92. The van der Waals surface area contributed by atoms with Crippen LogP contribution in [0, 0.1) is 12.8 Å². The Morgan fingerprint density at radius 2 is 1.46 bits per heavy atom. The van der Waals surface area contributed by atoms with Gasteiger partial charge in [-0.25, -0.2) is 8.42 Å². The van der Waals surface area contributed by atoms with Crippen molar-refractivity contribution in [3.63, 3.8) is 0 Å². The molecule has 3 aromatic rings. The molecule has 0 aliphatic rings. The molecule has 2 amide bonds. The van der Waals surface area contributed by atoms with Crippen molar-refractivity contribution >= 4 is 27.5 Å². The van der Waals surface area contributed by atoms with Crippen LogP contribution in [-0.2, 0) is 26.2 Å². The average molecular weight is 656 g/mol. The topological polar surface area (TPSA) is 124 Å². The van der Waals surface area contributed by atoms with Crippen molar-refractivity contribution in [2.75, 3.05) is 45.8 Å². The third kappa shape index (κ3) is 8.63. The van der Waals surface area contributed by atoms with Gasteiger partial charge in [0.25, 0.3) is 10.0 Å². The molecule has 0 aliphatic carbocycles. The molecule has 0 spiro atoms. The van der Waals surface area contributed by atoms with Gasteiger partial charge in [-0.3, -0.25) is 13.9 Å². The minimum Gasteiger partial charge on any atom is -0.497 e. The Kier molecular flexibility index (Phi) is 12.7. The van der Waals surface area contributed by atoms with Crippen LogP contribution in [0.3, 0.4) is 0 Å². The van der Waals surface area contributed by atoms with E-state index in [0.717, 1.165) is 15.4 Å². The Labute approximate surface area is 272 Å². The van der Waals surface area contributed by atoms with Crippen LogP contribution in [0.5, 0.6) is 23.0 Å². The van der Waals surface area contributed by atoms with Crippen LogP contribution in [-0.4, -0.2) is 72.7 Å². The molecule has 1 atom stereocenters. The van der Waals surface area contributed by atoms with Gasteiger partial charge in [0.15, 0.2) is 11.5 Å². The monoisotopic (exact) mass is 655 g/mol. The highest BCUT2D eigenvalue weighted by atomic mass is 32.2. The van der Waals surface area contributed by atoms with E-state index in [1.807, 2.05) is 52.0 Å². The zero-order valence-electron chi connectivity index (χ0n) is 27.8. The number of anilines is 1. The third-order valence-corrected chi connectivity index (χ3v) is 9.18. The standard InChI is InChI=1S/C34H45N3O8S/c1-9-28(34(39)35-20-23(2)3)36(21-25-12-10-24(4)11-13-25)33(38)22-37(29-18-26(42-5)14-16-30(29)43-6)46(40,41)27-15-17-31(44-7)32(19-27)45-8/h10-19,23,28H,9,20-22H2,1-8H3,(H,35,39)/t28-/m1/s1. The predicted octanol–water partition coefficient (Wildman–Crippen LogP) is 4.80. The van der Waals surface area contributed by atoms with Gasteiger partial charge in [-0.1, -0.05) is 50.6 Å². The molecule has 11 nitrogen and oxygen atoms in total.